The van der Waals surface area contributed by atoms with Crippen molar-refractivity contribution in [2.24, 2.45) is 50.7 Å². The third kappa shape index (κ3) is 4.94. The molecular formula is C39H58O5. The summed E-state index contributed by atoms with van der Waals surface area (Å²) in [6, 6.07) is 4.74. The summed E-state index contributed by atoms with van der Waals surface area (Å²) in [7, 11) is 0. The Bertz CT molecular complexity index is 1310. The summed E-state index contributed by atoms with van der Waals surface area (Å²) < 4.78 is 6.26. The summed E-state index contributed by atoms with van der Waals surface area (Å²) in [5, 5.41) is 30.4. The maximum absolute atomic E-state index is 13.1. The van der Waals surface area contributed by atoms with Crippen molar-refractivity contribution in [3.8, 4) is 11.5 Å². The summed E-state index contributed by atoms with van der Waals surface area (Å²) in [4.78, 5) is 13.1. The zero-order valence-electron chi connectivity index (χ0n) is 28.4. The molecule has 0 aromatic heterocycles. The van der Waals surface area contributed by atoms with Crippen LogP contribution in [0.5, 0.6) is 11.5 Å². The molecule has 9 atom stereocenters. The number of ether oxygens (including phenoxy) is 1. The van der Waals surface area contributed by atoms with Gasteiger partial charge >= 0.3 is 5.97 Å². The van der Waals surface area contributed by atoms with E-state index in [9.17, 15) is 20.1 Å². The van der Waals surface area contributed by atoms with Crippen LogP contribution >= 0.6 is 0 Å². The lowest BCUT2D eigenvalue weighted by atomic mass is 9.42. The Balaban J connectivity index is 1.18. The third-order valence-corrected chi connectivity index (χ3v) is 14.8. The number of phenolic OH excluding ortho intramolecular Hbond substituents is 2. The minimum absolute atomic E-state index is 0.0409. The van der Waals surface area contributed by atoms with E-state index in [1.54, 1.807) is 11.6 Å². The van der Waals surface area contributed by atoms with Crippen molar-refractivity contribution >= 4 is 5.97 Å². The number of aryl methyl sites for hydroxylation is 1. The topological polar surface area (TPSA) is 87.0 Å². The van der Waals surface area contributed by atoms with E-state index in [4.69, 9.17) is 4.74 Å². The molecule has 0 bridgehead atoms. The van der Waals surface area contributed by atoms with Crippen molar-refractivity contribution in [1.82, 2.24) is 0 Å². The summed E-state index contributed by atoms with van der Waals surface area (Å²) in [6.45, 7) is 17.1. The second kappa shape index (κ2) is 10.8. The molecule has 244 valence electrons. The van der Waals surface area contributed by atoms with Crippen molar-refractivity contribution in [3.63, 3.8) is 0 Å². The van der Waals surface area contributed by atoms with Crippen LogP contribution in [0.2, 0.25) is 0 Å². The number of fused-ring (bicyclic) bond motifs is 6. The van der Waals surface area contributed by atoms with Gasteiger partial charge in [-0.25, -0.2) is 0 Å². The summed E-state index contributed by atoms with van der Waals surface area (Å²) >= 11 is 0. The average Bonchev–Trinajstić information content (AvgIpc) is 3.10. The van der Waals surface area contributed by atoms with Gasteiger partial charge < -0.3 is 20.1 Å². The molecule has 1 aromatic rings. The van der Waals surface area contributed by atoms with E-state index in [0.717, 1.165) is 37.7 Å². The smallest absolute Gasteiger partial charge is 0.306 e. The fraction of sp³-hybridized carbons (Fsp3) is 0.769. The highest BCUT2D eigenvalue weighted by Crippen LogP contribution is 2.70. The van der Waals surface area contributed by atoms with Gasteiger partial charge in [0.05, 0.1) is 6.10 Å². The maximum atomic E-state index is 13.1. The van der Waals surface area contributed by atoms with Crippen molar-refractivity contribution in [1.29, 1.82) is 0 Å². The summed E-state index contributed by atoms with van der Waals surface area (Å²) in [6.07, 6.45) is 14.5. The molecular weight excluding hydrogens is 548 g/mol. The van der Waals surface area contributed by atoms with Crippen molar-refractivity contribution in [3.05, 3.63) is 35.4 Å². The second-order valence-electron chi connectivity index (χ2n) is 17.7. The van der Waals surface area contributed by atoms with Gasteiger partial charge in [0.2, 0.25) is 0 Å². The number of carbonyl (C=O) groups is 1. The van der Waals surface area contributed by atoms with E-state index in [1.165, 1.54) is 44.2 Å². The molecule has 0 radical (unpaired) electrons. The Labute approximate surface area is 265 Å². The second-order valence-corrected chi connectivity index (χ2v) is 17.7. The van der Waals surface area contributed by atoms with Crippen LogP contribution in [0.15, 0.2) is 29.8 Å². The van der Waals surface area contributed by atoms with Crippen LogP contribution in [0.4, 0.5) is 0 Å². The zero-order valence-corrected chi connectivity index (χ0v) is 28.4. The molecule has 0 aliphatic heterocycles. The van der Waals surface area contributed by atoms with Crippen LogP contribution in [0.3, 0.4) is 0 Å². The highest BCUT2D eigenvalue weighted by molar-refractivity contribution is 5.70. The first-order chi connectivity index (χ1) is 20.5. The number of aliphatic hydroxyl groups is 1. The first-order valence-electron chi connectivity index (χ1n) is 17.6. The molecule has 5 nitrogen and oxygen atoms in total. The number of rotatable bonds is 4. The molecule has 5 aliphatic carbocycles. The van der Waals surface area contributed by atoms with Crippen LogP contribution in [-0.4, -0.2) is 33.5 Å². The van der Waals surface area contributed by atoms with E-state index in [1.807, 2.05) is 0 Å². The predicted molar refractivity (Wildman–Crippen MR) is 174 cm³/mol. The Hall–Kier alpha value is -2.01. The number of benzene rings is 1. The van der Waals surface area contributed by atoms with Crippen LogP contribution < -0.4 is 0 Å². The first-order valence-corrected chi connectivity index (χ1v) is 17.6. The number of hydrogen-bond donors (Lipinski definition) is 3. The molecule has 5 heteroatoms. The van der Waals surface area contributed by atoms with Gasteiger partial charge in [-0.1, -0.05) is 66.2 Å². The predicted octanol–water partition coefficient (Wildman–Crippen LogP) is 8.73. The normalized spacial score (nSPS) is 42.4. The van der Waals surface area contributed by atoms with Gasteiger partial charge in [-0.3, -0.25) is 4.79 Å². The molecule has 1 aromatic carbocycles. The minimum Gasteiger partial charge on any atom is -0.504 e. The monoisotopic (exact) mass is 606 g/mol. The molecule has 3 N–H and O–H groups in total. The van der Waals surface area contributed by atoms with E-state index in [0.29, 0.717) is 35.5 Å². The molecule has 0 heterocycles. The van der Waals surface area contributed by atoms with Crippen LogP contribution in [-0.2, 0) is 16.0 Å². The molecule has 0 saturated heterocycles. The lowest BCUT2D eigenvalue weighted by Crippen LogP contribution is -2.59. The summed E-state index contributed by atoms with van der Waals surface area (Å²) in [5.74, 6) is 1.85. The zero-order chi connectivity index (χ0) is 31.9. The Morgan fingerprint density at radius 3 is 2.27 bits per heavy atom. The van der Waals surface area contributed by atoms with Crippen molar-refractivity contribution in [2.75, 3.05) is 0 Å². The fourth-order valence-electron chi connectivity index (χ4n) is 12.3. The lowest BCUT2D eigenvalue weighted by molar-refractivity contribution is -0.193. The lowest BCUT2D eigenvalue weighted by Gasteiger charge is -2.64. The van der Waals surface area contributed by atoms with Gasteiger partial charge in [-0.2, -0.15) is 0 Å². The molecule has 44 heavy (non-hydrogen) atoms. The highest BCUT2D eigenvalue weighted by atomic mass is 16.5. The SMILES string of the molecule is CC1(C)[C@@H](OC(=O)CCc2ccc(O)c(O)c2)CC[C@@]2(C)[C@H]1CC[C@@]1(C)CC3=CC[C@H]4C(C)(C)[C@@H](O)CC[C@]4(C)[C@H]3CC[C@@H]12. The van der Waals surface area contributed by atoms with E-state index in [2.05, 4.69) is 54.5 Å². The van der Waals surface area contributed by atoms with Gasteiger partial charge in [-0.15, -0.1) is 0 Å². The quantitative estimate of drug-likeness (QED) is 0.181. The average molecular weight is 607 g/mol. The number of phenols is 2. The van der Waals surface area contributed by atoms with E-state index >= 15 is 0 Å². The Morgan fingerprint density at radius 1 is 0.818 bits per heavy atom. The van der Waals surface area contributed by atoms with Crippen molar-refractivity contribution in [2.45, 2.75) is 138 Å². The maximum Gasteiger partial charge on any atom is 0.306 e. The third-order valence-electron chi connectivity index (χ3n) is 14.8. The van der Waals surface area contributed by atoms with Gasteiger partial charge in [0.1, 0.15) is 6.10 Å². The van der Waals surface area contributed by atoms with Gasteiger partial charge in [0.25, 0.3) is 0 Å². The molecule has 0 unspecified atom stereocenters. The largest absolute Gasteiger partial charge is 0.504 e. The van der Waals surface area contributed by atoms with Crippen LogP contribution in [0.1, 0.15) is 125 Å². The van der Waals surface area contributed by atoms with Crippen LogP contribution in [0.25, 0.3) is 0 Å². The number of allylic oxidation sites excluding steroid dienone is 2. The Morgan fingerprint density at radius 2 is 1.55 bits per heavy atom. The summed E-state index contributed by atoms with van der Waals surface area (Å²) in [5.41, 5.74) is 3.19. The van der Waals surface area contributed by atoms with Gasteiger partial charge in [0.15, 0.2) is 11.5 Å². The first kappa shape index (κ1) is 32.0. The highest BCUT2D eigenvalue weighted by Gasteiger charge is 2.63. The van der Waals surface area contributed by atoms with E-state index in [-0.39, 0.29) is 57.8 Å². The number of hydrogen-bond acceptors (Lipinski definition) is 5. The van der Waals surface area contributed by atoms with Crippen LogP contribution in [0, 0.1) is 50.7 Å². The number of carbonyl (C=O) groups excluding carboxylic acids is 1. The van der Waals surface area contributed by atoms with Gasteiger partial charge in [-0.05, 0) is 134 Å². The Kier molecular flexibility index (Phi) is 7.83. The molecule has 5 aliphatic rings. The van der Waals surface area contributed by atoms with Gasteiger partial charge in [0, 0.05) is 11.8 Å². The number of aliphatic hydroxyl groups excluding tert-OH is 1. The molecule has 0 spiro atoms. The molecule has 4 saturated carbocycles. The standard InChI is InChI=1S/C39H58O5/c1-35(2)29-13-10-25-23-37(5)19-16-30-36(3,4)33(44-34(43)15-9-24-8-12-27(40)28(41)22-24)18-21-39(30,7)31(37)14-11-26(25)38(29,6)20-17-32(35)42/h8,10,12,22,26,29-33,40-42H,9,11,13-21,23H2,1-7H3/t26-,29-,30-,31-,32-,33-,37-,38+,39-/m0/s1. The fourth-order valence-corrected chi connectivity index (χ4v) is 12.3. The van der Waals surface area contributed by atoms with E-state index < -0.39 is 0 Å². The number of aromatic hydroxyl groups is 2. The molecule has 0 amide bonds. The molecule has 6 rings (SSSR count). The van der Waals surface area contributed by atoms with Crippen molar-refractivity contribution < 1.29 is 24.9 Å². The number of esters is 1. The molecule has 4 fully saturated rings. The minimum atomic E-state index is -0.200.